The molecule has 0 aromatic heterocycles. The van der Waals surface area contributed by atoms with Crippen molar-refractivity contribution < 1.29 is 36.9 Å². The van der Waals surface area contributed by atoms with E-state index >= 15 is 0 Å². The van der Waals surface area contributed by atoms with E-state index in [-0.39, 0.29) is 29.9 Å². The van der Waals surface area contributed by atoms with E-state index in [0.717, 1.165) is 54.2 Å². The molecule has 3 aromatic rings. The molecule has 8 heteroatoms. The molecular weight excluding hydrogens is 536 g/mol. The van der Waals surface area contributed by atoms with Crippen LogP contribution < -0.4 is 9.47 Å². The molecule has 1 atom stereocenters. The third-order valence-electron chi connectivity index (χ3n) is 7.50. The number of alkyl halides is 3. The number of carboxylic acids is 1. The number of benzene rings is 3. The molecule has 5 rings (SSSR count). The molecule has 2 fully saturated rings. The van der Waals surface area contributed by atoms with Crippen LogP contribution in [0.1, 0.15) is 81.4 Å². The van der Waals surface area contributed by atoms with Crippen molar-refractivity contribution in [2.24, 2.45) is 5.41 Å². The van der Waals surface area contributed by atoms with Crippen LogP contribution in [0.3, 0.4) is 0 Å². The number of aryl methyl sites for hydroxylation is 1. The molecule has 0 radical (unpaired) electrons. The maximum atomic E-state index is 15.0. The highest BCUT2D eigenvalue weighted by Gasteiger charge is 2.37. The third-order valence-corrected chi connectivity index (χ3v) is 7.50. The van der Waals surface area contributed by atoms with Gasteiger partial charge in [0.1, 0.15) is 23.9 Å². The zero-order valence-electron chi connectivity index (χ0n) is 23.4. The van der Waals surface area contributed by atoms with Crippen molar-refractivity contribution in [2.45, 2.75) is 84.1 Å². The molecule has 0 saturated heterocycles. The molecule has 1 unspecified atom stereocenters. The van der Waals surface area contributed by atoms with Crippen molar-refractivity contribution in [1.29, 1.82) is 0 Å². The van der Waals surface area contributed by atoms with E-state index in [0.29, 0.717) is 17.7 Å². The summed E-state index contributed by atoms with van der Waals surface area (Å²) in [5, 5.41) is 8.92. The summed E-state index contributed by atoms with van der Waals surface area (Å²) in [5.41, 5.74) is 3.09. The highest BCUT2D eigenvalue weighted by atomic mass is 19.4. The summed E-state index contributed by atoms with van der Waals surface area (Å²) in [7, 11) is 0. The van der Waals surface area contributed by atoms with E-state index in [2.05, 4.69) is 18.6 Å². The normalized spacial score (nSPS) is 17.4. The number of hydrogen-bond acceptors (Lipinski definition) is 3. The smallest absolute Gasteiger partial charge is 0.489 e. The van der Waals surface area contributed by atoms with Crippen LogP contribution in [-0.2, 0) is 17.8 Å². The molecule has 220 valence electrons. The number of carbonyl (C=O) groups is 1. The Bertz CT molecular complexity index is 1340. The van der Waals surface area contributed by atoms with Gasteiger partial charge in [0, 0.05) is 12.0 Å². The highest BCUT2D eigenvalue weighted by molar-refractivity contribution is 5.71. The summed E-state index contributed by atoms with van der Waals surface area (Å²) < 4.78 is 63.5. The molecular formula is C33H36F4O4. The minimum Gasteiger partial charge on any atom is -0.489 e. The molecule has 3 aromatic carbocycles. The molecule has 2 saturated carbocycles. The molecule has 4 nitrogen and oxygen atoms in total. The number of carboxylic acid groups (broad SMARTS) is 1. The van der Waals surface area contributed by atoms with Crippen LogP contribution in [0.15, 0.2) is 60.7 Å². The predicted molar refractivity (Wildman–Crippen MR) is 149 cm³/mol. The van der Waals surface area contributed by atoms with Gasteiger partial charge in [-0.05, 0) is 83.2 Å². The van der Waals surface area contributed by atoms with Gasteiger partial charge in [0.25, 0.3) is 0 Å². The molecule has 2 aliphatic carbocycles. The lowest BCUT2D eigenvalue weighted by Gasteiger charge is -2.30. The first-order valence-electron chi connectivity index (χ1n) is 14.0. The fourth-order valence-electron chi connectivity index (χ4n) is 5.26. The summed E-state index contributed by atoms with van der Waals surface area (Å²) in [6.45, 7) is 4.53. The number of halogens is 4. The highest BCUT2D eigenvalue weighted by Crippen LogP contribution is 2.51. The first-order valence-corrected chi connectivity index (χ1v) is 14.0. The molecule has 0 heterocycles. The molecule has 1 N–H and O–H groups in total. The lowest BCUT2D eigenvalue weighted by atomic mass is 9.75. The zero-order valence-corrected chi connectivity index (χ0v) is 23.4. The maximum Gasteiger partial charge on any atom is 0.573 e. The van der Waals surface area contributed by atoms with E-state index in [9.17, 15) is 22.4 Å². The SMILES string of the molecule is C1CC1.CC1(C)CCCC1c1cc(COc2cccc(CCC(=O)O)c2)ccc1-c1cc(OC(F)(F)F)ccc1F. The average Bonchev–Trinajstić information content (AvgIpc) is 3.75. The summed E-state index contributed by atoms with van der Waals surface area (Å²) >= 11 is 0. The number of aliphatic carboxylic acids is 1. The fourth-order valence-corrected chi connectivity index (χ4v) is 5.26. The van der Waals surface area contributed by atoms with Crippen molar-refractivity contribution in [1.82, 2.24) is 0 Å². The van der Waals surface area contributed by atoms with Crippen molar-refractivity contribution in [2.75, 3.05) is 0 Å². The summed E-state index contributed by atoms with van der Waals surface area (Å²) in [6.07, 6.45) is 2.91. The molecule has 0 spiro atoms. The van der Waals surface area contributed by atoms with Crippen LogP contribution in [0.5, 0.6) is 11.5 Å². The minimum absolute atomic E-state index is 0.0250. The van der Waals surface area contributed by atoms with Crippen LogP contribution in [0.4, 0.5) is 17.6 Å². The van der Waals surface area contributed by atoms with Gasteiger partial charge in [-0.15, -0.1) is 13.2 Å². The Morgan fingerprint density at radius 3 is 2.32 bits per heavy atom. The number of ether oxygens (including phenoxy) is 2. The second kappa shape index (κ2) is 13.0. The van der Waals surface area contributed by atoms with Crippen molar-refractivity contribution in [3.05, 3.63) is 83.2 Å². The van der Waals surface area contributed by atoms with E-state index in [1.165, 1.54) is 19.3 Å². The Morgan fingerprint density at radius 1 is 0.927 bits per heavy atom. The monoisotopic (exact) mass is 572 g/mol. The van der Waals surface area contributed by atoms with Gasteiger partial charge in [0.05, 0.1) is 0 Å². The maximum absolute atomic E-state index is 15.0. The molecule has 41 heavy (non-hydrogen) atoms. The second-order valence-corrected chi connectivity index (χ2v) is 11.4. The van der Waals surface area contributed by atoms with Gasteiger partial charge >= 0.3 is 12.3 Å². The standard InChI is InChI=1S/C30H30F4O4.C3H6/c1-29(2)14-4-7-26(29)24-16-20(18-37-21-6-3-5-19(15-21)9-13-28(35)36)8-11-23(24)25-17-22(10-12-27(25)31)38-30(32,33)34;1-2-3-1/h3,5-6,8,10-12,15-17,26H,4,7,9,13-14,18H2,1-2H3,(H,35,36);1-3H2. The van der Waals surface area contributed by atoms with Gasteiger partial charge in [0.15, 0.2) is 0 Å². The van der Waals surface area contributed by atoms with E-state index < -0.39 is 23.9 Å². The average molecular weight is 573 g/mol. The largest absolute Gasteiger partial charge is 0.573 e. The Morgan fingerprint density at radius 2 is 1.68 bits per heavy atom. The van der Waals surface area contributed by atoms with E-state index in [1.54, 1.807) is 30.3 Å². The van der Waals surface area contributed by atoms with Crippen molar-refractivity contribution in [3.8, 4) is 22.6 Å². The minimum atomic E-state index is -4.88. The Labute approximate surface area is 238 Å². The number of rotatable bonds is 9. The topological polar surface area (TPSA) is 55.8 Å². The Kier molecular flexibility index (Phi) is 9.61. The predicted octanol–water partition coefficient (Wildman–Crippen LogP) is 9.45. The number of hydrogen-bond donors (Lipinski definition) is 1. The lowest BCUT2D eigenvalue weighted by molar-refractivity contribution is -0.274. The summed E-state index contributed by atoms with van der Waals surface area (Å²) in [6, 6.07) is 15.8. The third kappa shape index (κ3) is 8.97. The molecule has 2 aliphatic rings. The molecule has 0 amide bonds. The Hall–Kier alpha value is -3.55. The Balaban J connectivity index is 0.00000121. The van der Waals surface area contributed by atoms with Crippen molar-refractivity contribution in [3.63, 3.8) is 0 Å². The fraction of sp³-hybridized carbons (Fsp3) is 0.424. The van der Waals surface area contributed by atoms with Crippen LogP contribution in [-0.4, -0.2) is 17.4 Å². The second-order valence-electron chi connectivity index (χ2n) is 11.4. The summed E-state index contributed by atoms with van der Waals surface area (Å²) in [5.74, 6) is -1.28. The van der Waals surface area contributed by atoms with Crippen LogP contribution >= 0.6 is 0 Å². The summed E-state index contributed by atoms with van der Waals surface area (Å²) in [4.78, 5) is 10.9. The zero-order chi connectivity index (χ0) is 29.6. The molecule has 0 aliphatic heterocycles. The van der Waals surface area contributed by atoms with E-state index in [1.807, 2.05) is 12.1 Å². The van der Waals surface area contributed by atoms with Gasteiger partial charge in [-0.3, -0.25) is 4.79 Å². The lowest BCUT2D eigenvalue weighted by Crippen LogP contribution is -2.18. The van der Waals surface area contributed by atoms with Gasteiger partial charge in [-0.2, -0.15) is 0 Å². The van der Waals surface area contributed by atoms with Gasteiger partial charge in [-0.25, -0.2) is 4.39 Å². The van der Waals surface area contributed by atoms with Crippen LogP contribution in [0.25, 0.3) is 11.1 Å². The van der Waals surface area contributed by atoms with Gasteiger partial charge in [-0.1, -0.05) is 69.9 Å². The van der Waals surface area contributed by atoms with E-state index in [4.69, 9.17) is 9.84 Å². The first-order chi connectivity index (χ1) is 19.4. The van der Waals surface area contributed by atoms with Crippen LogP contribution in [0, 0.1) is 11.2 Å². The van der Waals surface area contributed by atoms with Crippen molar-refractivity contribution >= 4 is 5.97 Å². The quantitative estimate of drug-likeness (QED) is 0.260. The molecule has 0 bridgehead atoms. The van der Waals surface area contributed by atoms with Gasteiger partial charge in [0.2, 0.25) is 0 Å². The van der Waals surface area contributed by atoms with Crippen LogP contribution in [0.2, 0.25) is 0 Å². The van der Waals surface area contributed by atoms with Gasteiger partial charge < -0.3 is 14.6 Å². The first kappa shape index (κ1) is 30.4.